The first-order chi connectivity index (χ1) is 23.8. The van der Waals surface area contributed by atoms with E-state index in [9.17, 15) is 19.0 Å². The molecule has 0 radical (unpaired) electrons. The van der Waals surface area contributed by atoms with Crippen LogP contribution in [0, 0.1) is 0 Å². The number of allylic oxidation sites excluding steroid dienone is 4. The topological polar surface area (TPSA) is 134 Å². The number of rotatable bonds is 37. The van der Waals surface area contributed by atoms with Gasteiger partial charge in [-0.2, -0.15) is 0 Å². The van der Waals surface area contributed by atoms with Gasteiger partial charge in [0.05, 0.1) is 13.2 Å². The number of ether oxygens (including phenoxy) is 2. The molecule has 0 aromatic heterocycles. The van der Waals surface area contributed by atoms with Gasteiger partial charge < -0.3 is 20.1 Å². The number of esters is 2. The fourth-order valence-corrected chi connectivity index (χ4v) is 6.09. The minimum Gasteiger partial charge on any atom is -0.462 e. The molecule has 0 saturated carbocycles. The van der Waals surface area contributed by atoms with Crippen molar-refractivity contribution in [2.45, 2.75) is 187 Å². The van der Waals surface area contributed by atoms with E-state index < -0.39 is 32.5 Å². The normalized spacial score (nSPS) is 13.6. The summed E-state index contributed by atoms with van der Waals surface area (Å²) in [5.74, 6) is -0.847. The molecule has 288 valence electrons. The summed E-state index contributed by atoms with van der Waals surface area (Å²) >= 11 is 0. The quantitative estimate of drug-likeness (QED) is 0.0279. The van der Waals surface area contributed by atoms with E-state index in [2.05, 4.69) is 38.2 Å². The van der Waals surface area contributed by atoms with Gasteiger partial charge in [-0.1, -0.05) is 128 Å². The van der Waals surface area contributed by atoms with Crippen LogP contribution in [0.3, 0.4) is 0 Å². The van der Waals surface area contributed by atoms with Gasteiger partial charge in [0.25, 0.3) is 0 Å². The Kier molecular flexibility index (Phi) is 35.2. The van der Waals surface area contributed by atoms with Crippen molar-refractivity contribution in [3.8, 4) is 0 Å². The van der Waals surface area contributed by atoms with Crippen LogP contribution in [-0.2, 0) is 32.7 Å². The molecule has 2 unspecified atom stereocenters. The van der Waals surface area contributed by atoms with Gasteiger partial charge in [-0.15, -0.1) is 0 Å². The van der Waals surface area contributed by atoms with Crippen molar-refractivity contribution in [2.75, 3.05) is 26.4 Å². The van der Waals surface area contributed by atoms with Gasteiger partial charge in [0.15, 0.2) is 6.10 Å². The summed E-state index contributed by atoms with van der Waals surface area (Å²) in [5, 5.41) is 0. The summed E-state index contributed by atoms with van der Waals surface area (Å²) < 4.78 is 32.7. The third kappa shape index (κ3) is 36.1. The van der Waals surface area contributed by atoms with Gasteiger partial charge >= 0.3 is 19.8 Å². The lowest BCUT2D eigenvalue weighted by Gasteiger charge is -2.19. The zero-order valence-corrected chi connectivity index (χ0v) is 32.3. The van der Waals surface area contributed by atoms with Crippen LogP contribution in [0.25, 0.3) is 0 Å². The second-order valence-electron chi connectivity index (χ2n) is 13.1. The zero-order chi connectivity index (χ0) is 36.1. The third-order valence-electron chi connectivity index (χ3n) is 8.31. The predicted molar refractivity (Wildman–Crippen MR) is 201 cm³/mol. The van der Waals surface area contributed by atoms with Crippen molar-refractivity contribution in [1.29, 1.82) is 0 Å². The Hall–Kier alpha value is -1.51. The van der Waals surface area contributed by atoms with Crippen molar-refractivity contribution >= 4 is 19.8 Å². The Morgan fingerprint density at radius 3 is 1.45 bits per heavy atom. The van der Waals surface area contributed by atoms with E-state index in [1.165, 1.54) is 77.0 Å². The van der Waals surface area contributed by atoms with Crippen molar-refractivity contribution in [3.63, 3.8) is 0 Å². The van der Waals surface area contributed by atoms with Gasteiger partial charge in [0.1, 0.15) is 6.61 Å². The molecule has 0 aromatic carbocycles. The molecule has 0 aliphatic heterocycles. The average Bonchev–Trinajstić information content (AvgIpc) is 3.08. The number of phosphoric ester groups is 1. The van der Waals surface area contributed by atoms with Crippen molar-refractivity contribution < 1.29 is 37.6 Å². The highest BCUT2D eigenvalue weighted by Gasteiger charge is 2.25. The molecule has 2 atom stereocenters. The van der Waals surface area contributed by atoms with Crippen LogP contribution in [0.2, 0.25) is 0 Å². The Morgan fingerprint density at radius 2 is 1.00 bits per heavy atom. The molecule has 3 N–H and O–H groups in total. The number of hydrogen-bond donors (Lipinski definition) is 2. The zero-order valence-electron chi connectivity index (χ0n) is 31.4. The van der Waals surface area contributed by atoms with E-state index in [0.29, 0.717) is 6.42 Å². The lowest BCUT2D eigenvalue weighted by atomic mass is 10.1. The minimum absolute atomic E-state index is 0.0517. The fraction of sp³-hybridized carbons (Fsp3) is 0.846. The van der Waals surface area contributed by atoms with E-state index in [-0.39, 0.29) is 32.6 Å². The Morgan fingerprint density at radius 1 is 0.592 bits per heavy atom. The molecule has 0 amide bonds. The maximum absolute atomic E-state index is 12.5. The molecule has 0 saturated heterocycles. The SMILES string of the molecule is CCCCCCC/C=C\CCCCCCCC(=O)OCC(COP(=O)(O)OCCN)OC(=O)CCCCCCC/C=C\CCCCCCC. The summed E-state index contributed by atoms with van der Waals surface area (Å²) in [7, 11) is -4.37. The number of carbonyl (C=O) groups excluding carboxylic acids is 2. The first-order valence-corrected chi connectivity index (χ1v) is 21.3. The predicted octanol–water partition coefficient (Wildman–Crippen LogP) is 10.8. The number of unbranched alkanes of at least 4 members (excludes halogenated alkanes) is 20. The maximum Gasteiger partial charge on any atom is 0.472 e. The largest absolute Gasteiger partial charge is 0.472 e. The molecule has 0 bridgehead atoms. The second kappa shape index (κ2) is 36.3. The number of hydrogen-bond acceptors (Lipinski definition) is 8. The molecule has 0 aromatic rings. The molecular formula is C39H74NO8P. The number of nitrogens with two attached hydrogens (primary N) is 1. The van der Waals surface area contributed by atoms with Crippen LogP contribution in [0.15, 0.2) is 24.3 Å². The highest BCUT2D eigenvalue weighted by atomic mass is 31.2. The highest BCUT2D eigenvalue weighted by Crippen LogP contribution is 2.43. The van der Waals surface area contributed by atoms with Gasteiger partial charge in [-0.3, -0.25) is 18.6 Å². The maximum atomic E-state index is 12.5. The Labute approximate surface area is 300 Å². The van der Waals surface area contributed by atoms with E-state index in [4.69, 9.17) is 24.3 Å². The standard InChI is InChI=1S/C39H74NO8P/c1-3-5-7-9-11-13-15-17-19-21-23-25-27-29-31-38(41)45-35-37(36-47-49(43,44)46-34-33-40)48-39(42)32-30-28-26-24-22-20-18-16-14-12-10-8-6-4-2/h15-18,37H,3-14,19-36,40H2,1-2H3,(H,43,44)/b17-15-,18-16-. The van der Waals surface area contributed by atoms with E-state index in [0.717, 1.165) is 70.6 Å². The molecule has 0 fully saturated rings. The van der Waals surface area contributed by atoms with Gasteiger partial charge in [-0.05, 0) is 64.2 Å². The molecule has 0 rings (SSSR count). The average molecular weight is 716 g/mol. The van der Waals surface area contributed by atoms with Crippen LogP contribution < -0.4 is 5.73 Å². The van der Waals surface area contributed by atoms with Crippen LogP contribution in [0.4, 0.5) is 0 Å². The summed E-state index contributed by atoms with van der Waals surface area (Å²) in [4.78, 5) is 34.7. The fourth-order valence-electron chi connectivity index (χ4n) is 5.33. The number of carbonyl (C=O) groups is 2. The Balaban J connectivity index is 4.23. The van der Waals surface area contributed by atoms with Crippen molar-refractivity contribution in [1.82, 2.24) is 0 Å². The molecule has 9 nitrogen and oxygen atoms in total. The molecule has 0 spiro atoms. The summed E-state index contributed by atoms with van der Waals surface area (Å²) in [6, 6.07) is 0. The van der Waals surface area contributed by atoms with Crippen LogP contribution in [0.5, 0.6) is 0 Å². The highest BCUT2D eigenvalue weighted by molar-refractivity contribution is 7.47. The monoisotopic (exact) mass is 716 g/mol. The van der Waals surface area contributed by atoms with Gasteiger partial charge in [0.2, 0.25) is 0 Å². The molecular weight excluding hydrogens is 641 g/mol. The minimum atomic E-state index is -4.37. The second-order valence-corrected chi connectivity index (χ2v) is 14.6. The first kappa shape index (κ1) is 47.5. The molecule has 0 heterocycles. The van der Waals surface area contributed by atoms with Gasteiger partial charge in [0, 0.05) is 19.4 Å². The summed E-state index contributed by atoms with van der Waals surface area (Å²) in [5.41, 5.74) is 5.33. The number of phosphoric acid groups is 1. The van der Waals surface area contributed by atoms with Crippen molar-refractivity contribution in [2.24, 2.45) is 5.73 Å². The molecule has 10 heteroatoms. The molecule has 0 aliphatic carbocycles. The Bertz CT molecular complexity index is 866. The van der Waals surface area contributed by atoms with Crippen LogP contribution in [0.1, 0.15) is 181 Å². The van der Waals surface area contributed by atoms with Crippen LogP contribution >= 0.6 is 7.82 Å². The lowest BCUT2D eigenvalue weighted by Crippen LogP contribution is -2.29. The van der Waals surface area contributed by atoms with E-state index >= 15 is 0 Å². The first-order valence-electron chi connectivity index (χ1n) is 19.8. The summed E-state index contributed by atoms with van der Waals surface area (Å²) in [6.07, 6.45) is 36.3. The van der Waals surface area contributed by atoms with E-state index in [1.54, 1.807) is 0 Å². The molecule has 0 aliphatic rings. The van der Waals surface area contributed by atoms with Crippen LogP contribution in [-0.4, -0.2) is 49.3 Å². The summed E-state index contributed by atoms with van der Waals surface area (Å²) in [6.45, 7) is 3.69. The third-order valence-corrected chi connectivity index (χ3v) is 9.29. The smallest absolute Gasteiger partial charge is 0.462 e. The lowest BCUT2D eigenvalue weighted by molar-refractivity contribution is -0.161. The van der Waals surface area contributed by atoms with E-state index in [1.807, 2.05) is 0 Å². The van der Waals surface area contributed by atoms with Crippen molar-refractivity contribution in [3.05, 3.63) is 24.3 Å². The van der Waals surface area contributed by atoms with Gasteiger partial charge in [-0.25, -0.2) is 4.57 Å². The molecule has 49 heavy (non-hydrogen) atoms.